The number of benzene rings is 3. The van der Waals surface area contributed by atoms with Crippen LogP contribution in [0, 0.1) is 5.41 Å². The molecule has 3 aromatic rings. The summed E-state index contributed by atoms with van der Waals surface area (Å²) in [6.07, 6.45) is 2.06. The van der Waals surface area contributed by atoms with Gasteiger partial charge in [-0.05, 0) is 66.4 Å². The second-order valence-corrected chi connectivity index (χ2v) is 13.1. The van der Waals surface area contributed by atoms with Crippen molar-refractivity contribution in [1.82, 2.24) is 0 Å². The van der Waals surface area contributed by atoms with E-state index in [0.717, 1.165) is 24.2 Å². The summed E-state index contributed by atoms with van der Waals surface area (Å²) in [5, 5.41) is 12.0. The van der Waals surface area contributed by atoms with Crippen molar-refractivity contribution in [2.75, 3.05) is 51.1 Å². The van der Waals surface area contributed by atoms with Crippen LogP contribution in [-0.4, -0.2) is 65.0 Å². The van der Waals surface area contributed by atoms with Gasteiger partial charge in [-0.25, -0.2) is 8.42 Å². The second kappa shape index (κ2) is 15.6. The zero-order valence-corrected chi connectivity index (χ0v) is 26.1. The molecule has 43 heavy (non-hydrogen) atoms. The molecular weight excluding hydrogens is 566 g/mol. The standard InChI is InChI=1S/C34H45NO7S/c1-3-5-17-34(4-2)25-43(37,38)31-16-13-27(35)24-30(31)32(33(34)36)26-11-14-29(15-12-26)42-23-21-40-19-18-39-20-22-41-28-9-7-6-8-10-28/h6-16,24,32-33,36H,3-5,17-23,25,35H2,1-2H3/t32-,33-,34-/m1/s1. The number of nitrogens with two attached hydrogens (primary N) is 1. The van der Waals surface area contributed by atoms with Gasteiger partial charge in [0.1, 0.15) is 24.7 Å². The van der Waals surface area contributed by atoms with Crippen LogP contribution in [0.5, 0.6) is 11.5 Å². The van der Waals surface area contributed by atoms with Gasteiger partial charge in [0, 0.05) is 17.0 Å². The third kappa shape index (κ3) is 8.50. The lowest BCUT2D eigenvalue weighted by atomic mass is 9.69. The van der Waals surface area contributed by atoms with Crippen LogP contribution in [0.3, 0.4) is 0 Å². The lowest BCUT2D eigenvalue weighted by molar-refractivity contribution is 0.0174. The van der Waals surface area contributed by atoms with Gasteiger partial charge in [0.15, 0.2) is 9.84 Å². The van der Waals surface area contributed by atoms with Gasteiger partial charge in [-0.3, -0.25) is 0 Å². The van der Waals surface area contributed by atoms with Gasteiger partial charge in [0.05, 0.1) is 43.2 Å². The molecule has 0 bridgehead atoms. The Kier molecular flexibility index (Phi) is 11.9. The van der Waals surface area contributed by atoms with Crippen molar-refractivity contribution >= 4 is 15.5 Å². The first kappa shape index (κ1) is 32.8. The van der Waals surface area contributed by atoms with E-state index in [1.807, 2.05) is 61.5 Å². The highest BCUT2D eigenvalue weighted by Crippen LogP contribution is 2.49. The topological polar surface area (TPSA) is 117 Å². The van der Waals surface area contributed by atoms with Gasteiger partial charge >= 0.3 is 0 Å². The van der Waals surface area contributed by atoms with Crippen LogP contribution in [0.2, 0.25) is 0 Å². The minimum absolute atomic E-state index is 0.0845. The number of unbranched alkanes of at least 4 members (excludes halogenated alkanes) is 1. The van der Waals surface area contributed by atoms with E-state index in [0.29, 0.717) is 69.5 Å². The lowest BCUT2D eigenvalue weighted by Gasteiger charge is -2.39. The fourth-order valence-corrected chi connectivity index (χ4v) is 8.06. The molecule has 234 valence electrons. The molecule has 0 fully saturated rings. The average molecular weight is 612 g/mol. The van der Waals surface area contributed by atoms with Gasteiger partial charge in [0.25, 0.3) is 0 Å². The molecule has 8 nitrogen and oxygen atoms in total. The summed E-state index contributed by atoms with van der Waals surface area (Å²) in [5.41, 5.74) is 7.21. The lowest BCUT2D eigenvalue weighted by Crippen LogP contribution is -2.42. The molecule has 0 aliphatic carbocycles. The molecule has 4 rings (SSSR count). The maximum Gasteiger partial charge on any atom is 0.179 e. The summed E-state index contributed by atoms with van der Waals surface area (Å²) < 4.78 is 49.9. The van der Waals surface area contributed by atoms with E-state index in [4.69, 9.17) is 24.7 Å². The van der Waals surface area contributed by atoms with E-state index in [9.17, 15) is 13.5 Å². The van der Waals surface area contributed by atoms with E-state index < -0.39 is 27.3 Å². The number of aliphatic hydroxyl groups excluding tert-OH is 1. The van der Waals surface area contributed by atoms with Crippen molar-refractivity contribution < 1.29 is 32.5 Å². The molecule has 3 atom stereocenters. The predicted octanol–water partition coefficient (Wildman–Crippen LogP) is 5.63. The van der Waals surface area contributed by atoms with Crippen LogP contribution in [0.25, 0.3) is 0 Å². The highest BCUT2D eigenvalue weighted by Gasteiger charge is 2.48. The molecule has 0 amide bonds. The maximum atomic E-state index is 13.6. The fourth-order valence-electron chi connectivity index (χ4n) is 5.80. The Balaban J connectivity index is 1.33. The van der Waals surface area contributed by atoms with Crippen molar-refractivity contribution in [1.29, 1.82) is 0 Å². The first-order valence-corrected chi connectivity index (χ1v) is 16.8. The first-order valence-electron chi connectivity index (χ1n) is 15.2. The van der Waals surface area contributed by atoms with Crippen LogP contribution < -0.4 is 15.2 Å². The van der Waals surface area contributed by atoms with E-state index in [-0.39, 0.29) is 10.6 Å². The molecule has 0 radical (unpaired) electrons. The molecule has 0 unspecified atom stereocenters. The third-order valence-electron chi connectivity index (χ3n) is 8.20. The number of hydrogen-bond acceptors (Lipinski definition) is 8. The highest BCUT2D eigenvalue weighted by molar-refractivity contribution is 7.91. The molecule has 1 aliphatic rings. The third-order valence-corrected chi connectivity index (χ3v) is 10.2. The minimum atomic E-state index is -3.63. The predicted molar refractivity (Wildman–Crippen MR) is 169 cm³/mol. The minimum Gasteiger partial charge on any atom is -0.491 e. The summed E-state index contributed by atoms with van der Waals surface area (Å²) in [6, 6.07) is 22.0. The number of aliphatic hydroxyl groups is 1. The first-order chi connectivity index (χ1) is 20.8. The molecule has 0 spiro atoms. The van der Waals surface area contributed by atoms with Crippen LogP contribution in [0.1, 0.15) is 56.6 Å². The summed E-state index contributed by atoms with van der Waals surface area (Å²) in [6.45, 7) is 6.72. The van der Waals surface area contributed by atoms with Crippen LogP contribution in [0.4, 0.5) is 5.69 Å². The Morgan fingerprint density at radius 2 is 1.44 bits per heavy atom. The Morgan fingerprint density at radius 3 is 2.05 bits per heavy atom. The Labute approximate surface area is 256 Å². The molecule has 3 N–H and O–H groups in total. The zero-order chi connectivity index (χ0) is 30.7. The quantitative estimate of drug-likeness (QED) is 0.158. The van der Waals surface area contributed by atoms with E-state index >= 15 is 0 Å². The molecule has 0 saturated carbocycles. The van der Waals surface area contributed by atoms with Gasteiger partial charge < -0.3 is 29.8 Å². The van der Waals surface area contributed by atoms with Crippen molar-refractivity contribution in [3.05, 3.63) is 83.9 Å². The molecule has 0 aromatic heterocycles. The molecule has 1 aliphatic heterocycles. The van der Waals surface area contributed by atoms with Gasteiger partial charge in [0.2, 0.25) is 0 Å². The van der Waals surface area contributed by atoms with Crippen molar-refractivity contribution in [2.45, 2.75) is 56.4 Å². The van der Waals surface area contributed by atoms with E-state index in [1.165, 1.54) is 0 Å². The normalized spacial score (nSPS) is 21.1. The maximum absolute atomic E-state index is 13.6. The number of ether oxygens (including phenoxy) is 4. The Morgan fingerprint density at radius 1 is 0.837 bits per heavy atom. The summed E-state index contributed by atoms with van der Waals surface area (Å²) in [5.74, 6) is 0.862. The summed E-state index contributed by atoms with van der Waals surface area (Å²) >= 11 is 0. The van der Waals surface area contributed by atoms with Crippen molar-refractivity contribution in [3.63, 3.8) is 0 Å². The number of rotatable bonds is 16. The number of anilines is 1. The molecule has 3 aromatic carbocycles. The van der Waals surface area contributed by atoms with E-state index in [1.54, 1.807) is 18.2 Å². The summed E-state index contributed by atoms with van der Waals surface area (Å²) in [7, 11) is -3.63. The van der Waals surface area contributed by atoms with Gasteiger partial charge in [-0.2, -0.15) is 0 Å². The van der Waals surface area contributed by atoms with Gasteiger partial charge in [-0.15, -0.1) is 0 Å². The number of fused-ring (bicyclic) bond motifs is 1. The largest absolute Gasteiger partial charge is 0.491 e. The average Bonchev–Trinajstić information content (AvgIpc) is 3.08. The number of sulfone groups is 1. The highest BCUT2D eigenvalue weighted by atomic mass is 32.2. The zero-order valence-electron chi connectivity index (χ0n) is 25.2. The van der Waals surface area contributed by atoms with Crippen LogP contribution in [0.15, 0.2) is 77.7 Å². The molecular formula is C34H45NO7S. The van der Waals surface area contributed by atoms with Gasteiger partial charge in [-0.1, -0.05) is 57.0 Å². The molecule has 9 heteroatoms. The van der Waals surface area contributed by atoms with Crippen LogP contribution >= 0.6 is 0 Å². The number of para-hydroxylation sites is 1. The summed E-state index contributed by atoms with van der Waals surface area (Å²) in [4.78, 5) is 0.253. The molecule has 1 heterocycles. The monoisotopic (exact) mass is 611 g/mol. The number of hydrogen-bond donors (Lipinski definition) is 2. The van der Waals surface area contributed by atoms with Crippen LogP contribution in [-0.2, 0) is 19.3 Å². The Hall–Kier alpha value is -3.11. The second-order valence-electron chi connectivity index (χ2n) is 11.1. The smallest absolute Gasteiger partial charge is 0.179 e. The van der Waals surface area contributed by atoms with Crippen molar-refractivity contribution in [2.24, 2.45) is 5.41 Å². The fraction of sp³-hybridized carbons (Fsp3) is 0.471. The SMILES string of the molecule is CCCC[C@]1(CC)CS(=O)(=O)c2ccc(N)cc2[C@@H](c2ccc(OCCOCCOCCOc3ccccc3)cc2)[C@H]1O. The van der Waals surface area contributed by atoms with Crippen molar-refractivity contribution in [3.8, 4) is 11.5 Å². The van der Waals surface area contributed by atoms with E-state index in [2.05, 4.69) is 6.92 Å². The molecule has 0 saturated heterocycles. The Bertz CT molecular complexity index is 1380. The number of nitrogen functional groups attached to an aromatic ring is 1.